The molecular weight excluding hydrogens is 272 g/mol. The van der Waals surface area contributed by atoms with Crippen LogP contribution in [0.4, 0.5) is 0 Å². The molecule has 2 aromatic rings. The molecule has 1 aliphatic rings. The predicted octanol–water partition coefficient (Wildman–Crippen LogP) is 3.99. The van der Waals surface area contributed by atoms with Crippen molar-refractivity contribution in [2.45, 2.75) is 32.5 Å². The van der Waals surface area contributed by atoms with Gasteiger partial charge < -0.3 is 9.84 Å². The van der Waals surface area contributed by atoms with E-state index >= 15 is 0 Å². The van der Waals surface area contributed by atoms with E-state index in [1.54, 1.807) is 0 Å². The molecule has 1 heterocycles. The molecule has 0 saturated heterocycles. The van der Waals surface area contributed by atoms with Gasteiger partial charge in [-0.2, -0.15) is 0 Å². The molecule has 0 fully saturated rings. The summed E-state index contributed by atoms with van der Waals surface area (Å²) in [7, 11) is 0. The molecule has 3 rings (SSSR count). The number of para-hydroxylation sites is 1. The monoisotopic (exact) mass is 288 g/mol. The highest BCUT2D eigenvalue weighted by atomic mass is 35.5. The van der Waals surface area contributed by atoms with Crippen LogP contribution in [-0.4, -0.2) is 11.2 Å². The van der Waals surface area contributed by atoms with Gasteiger partial charge >= 0.3 is 0 Å². The van der Waals surface area contributed by atoms with Gasteiger partial charge in [0.1, 0.15) is 18.0 Å². The van der Waals surface area contributed by atoms with E-state index in [0.29, 0.717) is 11.4 Å². The maximum absolute atomic E-state index is 10.6. The van der Waals surface area contributed by atoms with Crippen molar-refractivity contribution in [1.29, 1.82) is 0 Å². The number of ether oxygens (including phenoxy) is 1. The van der Waals surface area contributed by atoms with Crippen molar-refractivity contribution in [1.82, 2.24) is 0 Å². The molecule has 104 valence electrons. The molecule has 1 N–H and O–H groups in total. The minimum absolute atomic E-state index is 0.271. The van der Waals surface area contributed by atoms with Crippen LogP contribution in [-0.2, 0) is 6.42 Å². The number of halogens is 1. The summed E-state index contributed by atoms with van der Waals surface area (Å²) in [4.78, 5) is 0. The molecule has 2 unspecified atom stereocenters. The first-order chi connectivity index (χ1) is 9.56. The van der Waals surface area contributed by atoms with Gasteiger partial charge in [0, 0.05) is 17.0 Å². The highest BCUT2D eigenvalue weighted by Crippen LogP contribution is 2.36. The van der Waals surface area contributed by atoms with E-state index in [9.17, 15) is 5.11 Å². The van der Waals surface area contributed by atoms with Crippen molar-refractivity contribution in [3.05, 3.63) is 63.7 Å². The SMILES string of the molecule is Cc1cc(Cl)c(C(O)C2Cc3ccccc3O2)cc1C. The highest BCUT2D eigenvalue weighted by molar-refractivity contribution is 6.31. The minimum atomic E-state index is -0.714. The smallest absolute Gasteiger partial charge is 0.133 e. The second kappa shape index (κ2) is 5.12. The van der Waals surface area contributed by atoms with Crippen molar-refractivity contribution in [2.24, 2.45) is 0 Å². The fourth-order valence-electron chi connectivity index (χ4n) is 2.62. The first kappa shape index (κ1) is 13.5. The fraction of sp³-hybridized carbons (Fsp3) is 0.294. The van der Waals surface area contributed by atoms with Gasteiger partial charge in [-0.3, -0.25) is 0 Å². The number of hydrogen-bond donors (Lipinski definition) is 1. The van der Waals surface area contributed by atoms with Crippen molar-refractivity contribution < 1.29 is 9.84 Å². The number of fused-ring (bicyclic) bond motifs is 1. The highest BCUT2D eigenvalue weighted by Gasteiger charge is 2.31. The predicted molar refractivity (Wildman–Crippen MR) is 80.4 cm³/mol. The summed E-state index contributed by atoms with van der Waals surface area (Å²) < 4.78 is 5.84. The number of aliphatic hydroxyl groups is 1. The van der Waals surface area contributed by atoms with Gasteiger partial charge in [-0.05, 0) is 42.7 Å². The zero-order valence-electron chi connectivity index (χ0n) is 11.6. The molecule has 3 heteroatoms. The van der Waals surface area contributed by atoms with Crippen LogP contribution in [0.15, 0.2) is 36.4 Å². The standard InChI is InChI=1S/C17H17ClO2/c1-10-7-13(14(18)8-11(10)2)17(19)16-9-12-5-3-4-6-15(12)20-16/h3-8,16-17,19H,9H2,1-2H3. The van der Waals surface area contributed by atoms with Crippen LogP contribution in [0, 0.1) is 13.8 Å². The molecule has 2 aromatic carbocycles. The molecule has 1 aliphatic heterocycles. The summed E-state index contributed by atoms with van der Waals surface area (Å²) in [6.07, 6.45) is -0.276. The van der Waals surface area contributed by atoms with Crippen molar-refractivity contribution >= 4 is 11.6 Å². The lowest BCUT2D eigenvalue weighted by molar-refractivity contribution is 0.0492. The maximum atomic E-state index is 10.6. The van der Waals surface area contributed by atoms with E-state index in [1.165, 1.54) is 0 Å². The summed E-state index contributed by atoms with van der Waals surface area (Å²) >= 11 is 6.27. The molecule has 0 amide bonds. The lowest BCUT2D eigenvalue weighted by atomic mass is 9.97. The Morgan fingerprint density at radius 3 is 2.65 bits per heavy atom. The number of aryl methyl sites for hydroxylation is 2. The Morgan fingerprint density at radius 2 is 1.90 bits per heavy atom. The Morgan fingerprint density at radius 1 is 1.20 bits per heavy atom. The summed E-state index contributed by atoms with van der Waals surface area (Å²) in [5, 5.41) is 11.2. The lowest BCUT2D eigenvalue weighted by Gasteiger charge is -2.20. The van der Waals surface area contributed by atoms with Gasteiger partial charge in [-0.1, -0.05) is 35.9 Å². The Balaban J connectivity index is 1.88. The Kier molecular flexibility index (Phi) is 3.45. The average molecular weight is 289 g/mol. The van der Waals surface area contributed by atoms with Crippen LogP contribution in [0.3, 0.4) is 0 Å². The molecule has 0 spiro atoms. The fourth-order valence-corrected chi connectivity index (χ4v) is 2.95. The van der Waals surface area contributed by atoms with Crippen LogP contribution >= 0.6 is 11.6 Å². The van der Waals surface area contributed by atoms with E-state index in [-0.39, 0.29) is 6.10 Å². The number of benzene rings is 2. The van der Waals surface area contributed by atoms with E-state index < -0.39 is 6.10 Å². The van der Waals surface area contributed by atoms with Crippen LogP contribution in [0.2, 0.25) is 5.02 Å². The van der Waals surface area contributed by atoms with Crippen LogP contribution in [0.5, 0.6) is 5.75 Å². The Bertz CT molecular complexity index is 626. The van der Waals surface area contributed by atoms with Crippen LogP contribution in [0.1, 0.15) is 28.4 Å². The minimum Gasteiger partial charge on any atom is -0.487 e. The number of rotatable bonds is 2. The Hall–Kier alpha value is -1.51. The van der Waals surface area contributed by atoms with Gasteiger partial charge in [0.15, 0.2) is 0 Å². The molecular formula is C17H17ClO2. The van der Waals surface area contributed by atoms with Crippen molar-refractivity contribution in [3.8, 4) is 5.75 Å². The van der Waals surface area contributed by atoms with Gasteiger partial charge in [0.2, 0.25) is 0 Å². The van der Waals surface area contributed by atoms with Gasteiger partial charge in [0.25, 0.3) is 0 Å². The molecule has 0 radical (unpaired) electrons. The third-order valence-corrected chi connectivity index (χ3v) is 4.28. The van der Waals surface area contributed by atoms with Gasteiger partial charge in [0.05, 0.1) is 0 Å². The topological polar surface area (TPSA) is 29.5 Å². The summed E-state index contributed by atoms with van der Waals surface area (Å²) in [5.74, 6) is 0.858. The second-order valence-corrected chi connectivity index (χ2v) is 5.78. The molecule has 0 aliphatic carbocycles. The van der Waals surface area contributed by atoms with Crippen LogP contribution in [0.25, 0.3) is 0 Å². The largest absolute Gasteiger partial charge is 0.487 e. The number of aliphatic hydroxyl groups excluding tert-OH is 1. The summed E-state index contributed by atoms with van der Waals surface area (Å²) in [6, 6.07) is 11.7. The van der Waals surface area contributed by atoms with Crippen LogP contribution < -0.4 is 4.74 Å². The molecule has 20 heavy (non-hydrogen) atoms. The number of hydrogen-bond acceptors (Lipinski definition) is 2. The zero-order valence-corrected chi connectivity index (χ0v) is 12.3. The van der Waals surface area contributed by atoms with E-state index in [2.05, 4.69) is 0 Å². The van der Waals surface area contributed by atoms with Gasteiger partial charge in [-0.15, -0.1) is 0 Å². The summed E-state index contributed by atoms with van der Waals surface area (Å²) in [5.41, 5.74) is 4.13. The van der Waals surface area contributed by atoms with E-state index in [4.69, 9.17) is 16.3 Å². The van der Waals surface area contributed by atoms with Crippen molar-refractivity contribution in [2.75, 3.05) is 0 Å². The average Bonchev–Trinajstić information content (AvgIpc) is 2.86. The quantitative estimate of drug-likeness (QED) is 0.905. The molecule has 2 atom stereocenters. The third kappa shape index (κ3) is 2.30. The molecule has 0 aromatic heterocycles. The second-order valence-electron chi connectivity index (χ2n) is 5.37. The summed E-state index contributed by atoms with van der Waals surface area (Å²) in [6.45, 7) is 4.03. The molecule has 2 nitrogen and oxygen atoms in total. The zero-order chi connectivity index (χ0) is 14.3. The first-order valence-corrected chi connectivity index (χ1v) is 7.13. The lowest BCUT2D eigenvalue weighted by Crippen LogP contribution is -2.23. The Labute approximate surface area is 124 Å². The first-order valence-electron chi connectivity index (χ1n) is 6.75. The maximum Gasteiger partial charge on any atom is 0.133 e. The molecule has 0 saturated carbocycles. The van der Waals surface area contributed by atoms with Crippen molar-refractivity contribution in [3.63, 3.8) is 0 Å². The normalized spacial score (nSPS) is 18.5. The van der Waals surface area contributed by atoms with E-state index in [1.807, 2.05) is 50.2 Å². The van der Waals surface area contributed by atoms with E-state index in [0.717, 1.165) is 28.0 Å². The third-order valence-electron chi connectivity index (χ3n) is 3.96. The molecule has 0 bridgehead atoms. The van der Waals surface area contributed by atoms with Gasteiger partial charge in [-0.25, -0.2) is 0 Å².